The second kappa shape index (κ2) is 9.75. The number of hydrogen-bond donors (Lipinski definition) is 0. The highest BCUT2D eigenvalue weighted by molar-refractivity contribution is 6.14. The molecule has 0 radical (unpaired) electrons. The average Bonchev–Trinajstić information content (AvgIpc) is 3.67. The van der Waals surface area contributed by atoms with E-state index in [4.69, 9.17) is 23.8 Å². The van der Waals surface area contributed by atoms with Crippen LogP contribution in [0.5, 0.6) is 0 Å². The molecule has 0 spiro atoms. The zero-order chi connectivity index (χ0) is 29.0. The van der Waals surface area contributed by atoms with E-state index in [0.29, 0.717) is 17.5 Å². The molecule has 0 aliphatic heterocycles. The van der Waals surface area contributed by atoms with Crippen molar-refractivity contribution in [2.75, 3.05) is 0 Å². The second-order valence-corrected chi connectivity index (χ2v) is 10.8. The van der Waals surface area contributed by atoms with Crippen molar-refractivity contribution in [3.05, 3.63) is 140 Å². The first kappa shape index (κ1) is 24.5. The quantitative estimate of drug-likeness (QED) is 0.212. The van der Waals surface area contributed by atoms with E-state index in [2.05, 4.69) is 36.4 Å². The van der Waals surface area contributed by atoms with Crippen LogP contribution >= 0.6 is 0 Å². The lowest BCUT2D eigenvalue weighted by atomic mass is 9.97. The van der Waals surface area contributed by atoms with Crippen molar-refractivity contribution in [3.63, 3.8) is 0 Å². The zero-order valence-electron chi connectivity index (χ0n) is 23.4. The topological polar surface area (TPSA) is 65.0 Å². The van der Waals surface area contributed by atoms with Crippen LogP contribution < -0.4 is 0 Å². The van der Waals surface area contributed by atoms with Crippen molar-refractivity contribution >= 4 is 43.9 Å². The molecular formula is C39H23N3O2. The minimum absolute atomic E-state index is 0.567. The standard InChI is InChI=1S/C39H23N3O2/c1-3-11-24(12-4-1)37-40-38(25-13-5-2-6-14-25)42-39(41-37)30-18-9-17-28-31-23-26(21-22-33(31)44-36(28)30)27-16-10-20-34-35(27)29-15-7-8-19-32(29)43-34/h1-23H. The number of furan rings is 2. The summed E-state index contributed by atoms with van der Waals surface area (Å²) in [6.45, 7) is 0. The molecule has 0 aliphatic rings. The van der Waals surface area contributed by atoms with Crippen LogP contribution in [0.2, 0.25) is 0 Å². The van der Waals surface area contributed by atoms with E-state index in [0.717, 1.165) is 71.7 Å². The van der Waals surface area contributed by atoms with Crippen LogP contribution in [0.15, 0.2) is 148 Å². The Bertz CT molecular complexity index is 2440. The summed E-state index contributed by atoms with van der Waals surface area (Å²) in [4.78, 5) is 14.7. The van der Waals surface area contributed by atoms with Gasteiger partial charge < -0.3 is 8.83 Å². The largest absolute Gasteiger partial charge is 0.456 e. The van der Waals surface area contributed by atoms with Crippen molar-refractivity contribution in [2.24, 2.45) is 0 Å². The Hall–Kier alpha value is -6.07. The van der Waals surface area contributed by atoms with Gasteiger partial charge in [-0.05, 0) is 41.5 Å². The summed E-state index contributed by atoms with van der Waals surface area (Å²) < 4.78 is 12.7. The van der Waals surface area contributed by atoms with Gasteiger partial charge in [-0.25, -0.2) is 15.0 Å². The van der Waals surface area contributed by atoms with Gasteiger partial charge in [0, 0.05) is 32.7 Å². The SMILES string of the molecule is c1ccc(-c2nc(-c3ccccc3)nc(-c3cccc4c3oc3ccc(-c5cccc6oc7ccccc7c56)cc34)n2)cc1. The van der Waals surface area contributed by atoms with Gasteiger partial charge in [0.15, 0.2) is 17.5 Å². The van der Waals surface area contributed by atoms with Gasteiger partial charge in [-0.3, -0.25) is 0 Å². The smallest absolute Gasteiger partial charge is 0.167 e. The third kappa shape index (κ3) is 3.91. The Morgan fingerprint density at radius 2 is 0.955 bits per heavy atom. The maximum absolute atomic E-state index is 6.54. The summed E-state index contributed by atoms with van der Waals surface area (Å²) >= 11 is 0. The lowest BCUT2D eigenvalue weighted by molar-refractivity contribution is 0.669. The van der Waals surface area contributed by atoms with Gasteiger partial charge in [0.05, 0.1) is 5.56 Å². The maximum Gasteiger partial charge on any atom is 0.167 e. The molecule has 0 aliphatic carbocycles. The number of hydrogen-bond acceptors (Lipinski definition) is 5. The summed E-state index contributed by atoms with van der Waals surface area (Å²) in [6.07, 6.45) is 0. The molecule has 0 atom stereocenters. The van der Waals surface area contributed by atoms with Gasteiger partial charge in [0.25, 0.3) is 0 Å². The third-order valence-electron chi connectivity index (χ3n) is 8.15. The zero-order valence-corrected chi connectivity index (χ0v) is 23.4. The van der Waals surface area contributed by atoms with Crippen molar-refractivity contribution in [2.45, 2.75) is 0 Å². The van der Waals surface area contributed by atoms with Crippen LogP contribution in [-0.4, -0.2) is 15.0 Å². The van der Waals surface area contributed by atoms with Gasteiger partial charge >= 0.3 is 0 Å². The summed E-state index contributed by atoms with van der Waals surface area (Å²) in [6, 6.07) is 46.9. The molecule has 0 saturated carbocycles. The molecule has 0 unspecified atom stereocenters. The van der Waals surface area contributed by atoms with Crippen LogP contribution in [-0.2, 0) is 0 Å². The Kier molecular flexibility index (Phi) is 5.43. The Morgan fingerprint density at radius 1 is 0.364 bits per heavy atom. The van der Waals surface area contributed by atoms with Gasteiger partial charge in [-0.1, -0.05) is 109 Å². The number of fused-ring (bicyclic) bond motifs is 6. The molecule has 44 heavy (non-hydrogen) atoms. The molecule has 3 heterocycles. The van der Waals surface area contributed by atoms with Crippen LogP contribution in [0, 0.1) is 0 Å². The van der Waals surface area contributed by atoms with E-state index in [1.54, 1.807) is 0 Å². The van der Waals surface area contributed by atoms with Crippen molar-refractivity contribution in [3.8, 4) is 45.3 Å². The number of nitrogens with zero attached hydrogens (tertiary/aromatic N) is 3. The monoisotopic (exact) mass is 565 g/mol. The first-order valence-electron chi connectivity index (χ1n) is 14.5. The minimum atomic E-state index is 0.567. The number of aromatic nitrogens is 3. The number of rotatable bonds is 4. The third-order valence-corrected chi connectivity index (χ3v) is 8.15. The molecule has 206 valence electrons. The fourth-order valence-corrected chi connectivity index (χ4v) is 6.09. The van der Waals surface area contributed by atoms with Crippen LogP contribution in [0.25, 0.3) is 89.2 Å². The van der Waals surface area contributed by atoms with Crippen LogP contribution in [0.3, 0.4) is 0 Å². The highest BCUT2D eigenvalue weighted by atomic mass is 16.3. The highest BCUT2D eigenvalue weighted by Gasteiger charge is 2.19. The maximum atomic E-state index is 6.54. The van der Waals surface area contributed by atoms with Crippen molar-refractivity contribution < 1.29 is 8.83 Å². The van der Waals surface area contributed by atoms with Crippen LogP contribution in [0.4, 0.5) is 0 Å². The van der Waals surface area contributed by atoms with E-state index in [9.17, 15) is 0 Å². The summed E-state index contributed by atoms with van der Waals surface area (Å²) in [7, 11) is 0. The summed E-state index contributed by atoms with van der Waals surface area (Å²) in [5, 5.41) is 4.26. The molecule has 5 nitrogen and oxygen atoms in total. The number of para-hydroxylation sites is 2. The summed E-state index contributed by atoms with van der Waals surface area (Å²) in [5.41, 5.74) is 8.21. The van der Waals surface area contributed by atoms with Gasteiger partial charge in [0.2, 0.25) is 0 Å². The average molecular weight is 566 g/mol. The predicted molar refractivity (Wildman–Crippen MR) is 176 cm³/mol. The molecule has 0 N–H and O–H groups in total. The second-order valence-electron chi connectivity index (χ2n) is 10.8. The molecule has 0 saturated heterocycles. The fourth-order valence-electron chi connectivity index (χ4n) is 6.09. The first-order chi connectivity index (χ1) is 21.8. The highest BCUT2D eigenvalue weighted by Crippen LogP contribution is 2.40. The minimum Gasteiger partial charge on any atom is -0.456 e. The lowest BCUT2D eigenvalue weighted by Crippen LogP contribution is -2.00. The fraction of sp³-hybridized carbons (Fsp3) is 0. The Labute approximate surface area is 252 Å². The van der Waals surface area contributed by atoms with E-state index in [-0.39, 0.29) is 0 Å². The Morgan fingerprint density at radius 3 is 1.73 bits per heavy atom. The van der Waals surface area contributed by atoms with Gasteiger partial charge in [0.1, 0.15) is 22.3 Å². The van der Waals surface area contributed by atoms with E-state index in [1.807, 2.05) is 103 Å². The molecule has 3 aromatic heterocycles. The molecule has 5 heteroatoms. The molecular weight excluding hydrogens is 542 g/mol. The lowest BCUT2D eigenvalue weighted by Gasteiger charge is -2.08. The van der Waals surface area contributed by atoms with E-state index < -0.39 is 0 Å². The summed E-state index contributed by atoms with van der Waals surface area (Å²) in [5.74, 6) is 1.80. The van der Waals surface area contributed by atoms with Crippen molar-refractivity contribution in [1.29, 1.82) is 0 Å². The van der Waals surface area contributed by atoms with Crippen molar-refractivity contribution in [1.82, 2.24) is 15.0 Å². The molecule has 9 aromatic rings. The Balaban J connectivity index is 1.25. The molecule has 0 fully saturated rings. The normalized spacial score (nSPS) is 11.6. The predicted octanol–water partition coefficient (Wildman–Crippen LogP) is 10.3. The molecule has 0 amide bonds. The number of benzene rings is 6. The van der Waals surface area contributed by atoms with Gasteiger partial charge in [-0.15, -0.1) is 0 Å². The first-order valence-corrected chi connectivity index (χ1v) is 14.5. The van der Waals surface area contributed by atoms with Gasteiger partial charge in [-0.2, -0.15) is 0 Å². The van der Waals surface area contributed by atoms with E-state index >= 15 is 0 Å². The molecule has 6 aromatic carbocycles. The van der Waals surface area contributed by atoms with E-state index in [1.165, 1.54) is 0 Å². The molecule has 0 bridgehead atoms. The van der Waals surface area contributed by atoms with Crippen LogP contribution in [0.1, 0.15) is 0 Å². The molecule has 9 rings (SSSR count).